The largest absolute Gasteiger partial charge is 0.481 e. The molecule has 0 bridgehead atoms. The van der Waals surface area contributed by atoms with Gasteiger partial charge in [0.05, 0.1) is 0 Å². The standard InChI is InChI=1S/C11H23N3O3/c1-9(5-3-6-10(15)16)14-11(17)13-8-4-7-12-2/h9,12H,3-8H2,1-2H3,(H,15,16)(H2,13,14,17). The molecule has 0 heterocycles. The zero-order valence-corrected chi connectivity index (χ0v) is 10.6. The lowest BCUT2D eigenvalue weighted by Crippen LogP contribution is -2.41. The summed E-state index contributed by atoms with van der Waals surface area (Å²) in [6.45, 7) is 3.37. The molecule has 100 valence electrons. The number of carbonyl (C=O) groups excluding carboxylic acids is 1. The fourth-order valence-electron chi connectivity index (χ4n) is 1.37. The Morgan fingerprint density at radius 1 is 1.24 bits per heavy atom. The minimum absolute atomic E-state index is 0.00125. The summed E-state index contributed by atoms with van der Waals surface area (Å²) in [5.74, 6) is -0.797. The lowest BCUT2D eigenvalue weighted by Gasteiger charge is -2.14. The second-order valence-corrected chi connectivity index (χ2v) is 4.04. The summed E-state index contributed by atoms with van der Waals surface area (Å²) in [6.07, 6.45) is 2.29. The number of carbonyl (C=O) groups is 2. The highest BCUT2D eigenvalue weighted by molar-refractivity contribution is 5.74. The smallest absolute Gasteiger partial charge is 0.314 e. The van der Waals surface area contributed by atoms with Gasteiger partial charge in [0.15, 0.2) is 0 Å². The Morgan fingerprint density at radius 3 is 2.53 bits per heavy atom. The van der Waals surface area contributed by atoms with Crippen LogP contribution < -0.4 is 16.0 Å². The monoisotopic (exact) mass is 245 g/mol. The molecule has 0 aliphatic rings. The van der Waals surface area contributed by atoms with Crippen molar-refractivity contribution in [1.82, 2.24) is 16.0 Å². The summed E-state index contributed by atoms with van der Waals surface area (Å²) in [5.41, 5.74) is 0. The molecule has 1 unspecified atom stereocenters. The normalized spacial score (nSPS) is 11.9. The Bertz CT molecular complexity index is 234. The van der Waals surface area contributed by atoms with E-state index >= 15 is 0 Å². The van der Waals surface area contributed by atoms with Crippen molar-refractivity contribution in [3.05, 3.63) is 0 Å². The Balaban J connectivity index is 3.48. The van der Waals surface area contributed by atoms with Gasteiger partial charge in [-0.2, -0.15) is 0 Å². The van der Waals surface area contributed by atoms with Crippen LogP contribution >= 0.6 is 0 Å². The van der Waals surface area contributed by atoms with Crippen LogP contribution in [0.5, 0.6) is 0 Å². The topological polar surface area (TPSA) is 90.5 Å². The van der Waals surface area contributed by atoms with Crippen molar-refractivity contribution in [2.45, 2.75) is 38.6 Å². The molecular weight excluding hydrogens is 222 g/mol. The van der Waals surface area contributed by atoms with Crippen LogP contribution in [0, 0.1) is 0 Å². The summed E-state index contributed by atoms with van der Waals surface area (Å²) in [6, 6.07) is -0.192. The minimum atomic E-state index is -0.797. The number of aliphatic carboxylic acids is 1. The molecule has 0 aliphatic heterocycles. The van der Waals surface area contributed by atoms with Gasteiger partial charge in [0.1, 0.15) is 0 Å². The Labute approximate surface area is 102 Å². The van der Waals surface area contributed by atoms with Gasteiger partial charge in [0.2, 0.25) is 0 Å². The van der Waals surface area contributed by atoms with Gasteiger partial charge in [-0.1, -0.05) is 0 Å². The van der Waals surface area contributed by atoms with Crippen LogP contribution in [0.15, 0.2) is 0 Å². The molecule has 0 radical (unpaired) electrons. The van der Waals surface area contributed by atoms with E-state index in [4.69, 9.17) is 5.11 Å². The van der Waals surface area contributed by atoms with Crippen LogP contribution in [0.2, 0.25) is 0 Å². The molecule has 6 heteroatoms. The van der Waals surface area contributed by atoms with E-state index in [1.54, 1.807) is 0 Å². The van der Waals surface area contributed by atoms with Gasteiger partial charge >= 0.3 is 12.0 Å². The Hall–Kier alpha value is -1.30. The van der Waals surface area contributed by atoms with E-state index in [-0.39, 0.29) is 18.5 Å². The van der Waals surface area contributed by atoms with Crippen molar-refractivity contribution in [2.75, 3.05) is 20.1 Å². The van der Waals surface area contributed by atoms with Gasteiger partial charge in [-0.3, -0.25) is 4.79 Å². The SMILES string of the molecule is CNCCCNC(=O)NC(C)CCCC(=O)O. The maximum atomic E-state index is 11.4. The van der Waals surface area contributed by atoms with Crippen LogP contribution in [0.3, 0.4) is 0 Å². The lowest BCUT2D eigenvalue weighted by atomic mass is 10.1. The van der Waals surface area contributed by atoms with E-state index in [0.717, 1.165) is 13.0 Å². The zero-order valence-electron chi connectivity index (χ0n) is 10.6. The fourth-order valence-corrected chi connectivity index (χ4v) is 1.37. The first kappa shape index (κ1) is 15.7. The van der Waals surface area contributed by atoms with E-state index in [9.17, 15) is 9.59 Å². The van der Waals surface area contributed by atoms with Gasteiger partial charge in [0.25, 0.3) is 0 Å². The van der Waals surface area contributed by atoms with Crippen molar-refractivity contribution >= 4 is 12.0 Å². The molecule has 0 saturated carbocycles. The Morgan fingerprint density at radius 2 is 1.94 bits per heavy atom. The first-order valence-corrected chi connectivity index (χ1v) is 5.97. The highest BCUT2D eigenvalue weighted by Crippen LogP contribution is 2.00. The van der Waals surface area contributed by atoms with E-state index in [1.807, 2.05) is 14.0 Å². The van der Waals surface area contributed by atoms with Crippen LogP contribution in [0.4, 0.5) is 4.79 Å². The molecule has 0 aliphatic carbocycles. The van der Waals surface area contributed by atoms with Crippen molar-refractivity contribution in [3.8, 4) is 0 Å². The third-order valence-electron chi connectivity index (χ3n) is 2.29. The van der Waals surface area contributed by atoms with Gasteiger partial charge in [-0.05, 0) is 39.8 Å². The van der Waals surface area contributed by atoms with E-state index in [0.29, 0.717) is 19.4 Å². The summed E-state index contributed by atoms with van der Waals surface area (Å²) < 4.78 is 0. The van der Waals surface area contributed by atoms with Crippen LogP contribution in [0.1, 0.15) is 32.6 Å². The van der Waals surface area contributed by atoms with Crippen LogP contribution in [-0.2, 0) is 4.79 Å². The number of hydrogen-bond acceptors (Lipinski definition) is 3. The quantitative estimate of drug-likeness (QED) is 0.446. The highest BCUT2D eigenvalue weighted by atomic mass is 16.4. The molecular formula is C11H23N3O3. The van der Waals surface area contributed by atoms with Gasteiger partial charge in [-0.25, -0.2) is 4.79 Å². The summed E-state index contributed by atoms with van der Waals surface area (Å²) in [5, 5.41) is 17.0. The first-order chi connectivity index (χ1) is 8.06. The number of rotatable bonds is 9. The molecule has 0 spiro atoms. The third-order valence-corrected chi connectivity index (χ3v) is 2.29. The molecule has 0 aromatic heterocycles. The lowest BCUT2D eigenvalue weighted by molar-refractivity contribution is -0.137. The molecule has 6 nitrogen and oxygen atoms in total. The number of hydrogen-bond donors (Lipinski definition) is 4. The summed E-state index contributed by atoms with van der Waals surface area (Å²) in [4.78, 5) is 21.7. The van der Waals surface area contributed by atoms with Gasteiger partial charge in [-0.15, -0.1) is 0 Å². The second-order valence-electron chi connectivity index (χ2n) is 4.04. The number of carboxylic acid groups (broad SMARTS) is 1. The van der Waals surface area contributed by atoms with E-state index in [2.05, 4.69) is 16.0 Å². The molecule has 1 atom stereocenters. The number of urea groups is 1. The van der Waals surface area contributed by atoms with E-state index in [1.165, 1.54) is 0 Å². The molecule has 0 saturated heterocycles. The zero-order chi connectivity index (χ0) is 13.1. The molecule has 0 aromatic carbocycles. The van der Waals surface area contributed by atoms with Crippen molar-refractivity contribution in [3.63, 3.8) is 0 Å². The molecule has 0 rings (SSSR count). The summed E-state index contributed by atoms with van der Waals surface area (Å²) in [7, 11) is 1.87. The average Bonchev–Trinajstić information content (AvgIpc) is 2.23. The highest BCUT2D eigenvalue weighted by Gasteiger charge is 2.07. The number of nitrogens with one attached hydrogen (secondary N) is 3. The number of amides is 2. The minimum Gasteiger partial charge on any atom is -0.481 e. The maximum Gasteiger partial charge on any atom is 0.314 e. The van der Waals surface area contributed by atoms with Gasteiger partial charge < -0.3 is 21.1 Å². The predicted octanol–water partition coefficient (Wildman–Crippen LogP) is 0.539. The molecule has 2 amide bonds. The van der Waals surface area contributed by atoms with Gasteiger partial charge in [0, 0.05) is 19.0 Å². The molecule has 0 fully saturated rings. The second kappa shape index (κ2) is 9.89. The van der Waals surface area contributed by atoms with Crippen molar-refractivity contribution in [1.29, 1.82) is 0 Å². The molecule has 17 heavy (non-hydrogen) atoms. The van der Waals surface area contributed by atoms with Crippen LogP contribution in [0.25, 0.3) is 0 Å². The number of carboxylic acids is 1. The van der Waals surface area contributed by atoms with Crippen molar-refractivity contribution < 1.29 is 14.7 Å². The average molecular weight is 245 g/mol. The fraction of sp³-hybridized carbons (Fsp3) is 0.818. The predicted molar refractivity (Wildman–Crippen MR) is 66.0 cm³/mol. The molecule has 4 N–H and O–H groups in total. The van der Waals surface area contributed by atoms with Crippen molar-refractivity contribution in [2.24, 2.45) is 0 Å². The summed E-state index contributed by atoms with van der Waals surface area (Å²) >= 11 is 0. The third kappa shape index (κ3) is 11.0. The van der Waals surface area contributed by atoms with Crippen LogP contribution in [-0.4, -0.2) is 43.3 Å². The maximum absolute atomic E-state index is 11.4. The molecule has 0 aromatic rings. The Kier molecular flexibility index (Phi) is 9.14. The first-order valence-electron chi connectivity index (χ1n) is 5.97. The van der Waals surface area contributed by atoms with E-state index < -0.39 is 5.97 Å².